The third-order valence-electron chi connectivity index (χ3n) is 5.63. The second kappa shape index (κ2) is 8.00. The van der Waals surface area contributed by atoms with E-state index in [0.717, 1.165) is 39.7 Å². The number of hydrogen-bond donors (Lipinski definition) is 0. The molecule has 0 spiro atoms. The van der Waals surface area contributed by atoms with E-state index >= 15 is 0 Å². The summed E-state index contributed by atoms with van der Waals surface area (Å²) in [6, 6.07) is 12.7. The summed E-state index contributed by atoms with van der Waals surface area (Å²) in [4.78, 5) is 11.2. The van der Waals surface area contributed by atoms with Gasteiger partial charge in [0.2, 0.25) is 0 Å². The number of ether oxygens (including phenoxy) is 2. The average molecular weight is 418 g/mol. The molecule has 3 heterocycles. The minimum absolute atomic E-state index is 0.0562. The van der Waals surface area contributed by atoms with Crippen molar-refractivity contribution in [1.82, 2.24) is 14.5 Å². The van der Waals surface area contributed by atoms with Gasteiger partial charge in [-0.1, -0.05) is 18.2 Å². The number of aliphatic imine (C=N–C) groups is 1. The molecule has 0 saturated carbocycles. The van der Waals surface area contributed by atoms with E-state index in [1.54, 1.807) is 13.4 Å². The van der Waals surface area contributed by atoms with Crippen molar-refractivity contribution in [2.75, 3.05) is 27.0 Å². The van der Waals surface area contributed by atoms with Crippen molar-refractivity contribution in [2.45, 2.75) is 13.0 Å². The molecule has 31 heavy (non-hydrogen) atoms. The summed E-state index contributed by atoms with van der Waals surface area (Å²) in [6.45, 7) is 3.55. The zero-order valence-corrected chi connectivity index (χ0v) is 17.5. The Kier molecular flexibility index (Phi) is 5.03. The lowest BCUT2D eigenvalue weighted by atomic mass is 10.0. The molecule has 0 radical (unpaired) electrons. The predicted molar refractivity (Wildman–Crippen MR) is 117 cm³/mol. The average Bonchev–Trinajstić information content (AvgIpc) is 3.41. The second-order valence-corrected chi connectivity index (χ2v) is 7.70. The van der Waals surface area contributed by atoms with Gasteiger partial charge in [0.1, 0.15) is 24.1 Å². The molecule has 2 aliphatic rings. The summed E-state index contributed by atoms with van der Waals surface area (Å²) in [5.74, 6) is 1.47. The van der Waals surface area contributed by atoms with E-state index < -0.39 is 0 Å². The minimum atomic E-state index is -0.235. The molecule has 1 fully saturated rings. The van der Waals surface area contributed by atoms with Crippen LogP contribution >= 0.6 is 0 Å². The normalized spacial score (nSPS) is 19.5. The summed E-state index contributed by atoms with van der Waals surface area (Å²) in [7, 11) is 1.67. The number of aromatic nitrogens is 2. The third-order valence-corrected chi connectivity index (χ3v) is 5.63. The van der Waals surface area contributed by atoms with Gasteiger partial charge in [0, 0.05) is 11.8 Å². The zero-order chi connectivity index (χ0) is 21.4. The fraction of sp³-hybridized carbons (Fsp3) is 0.250. The zero-order valence-electron chi connectivity index (χ0n) is 17.5. The monoisotopic (exact) mass is 418 g/mol. The van der Waals surface area contributed by atoms with Gasteiger partial charge in [0.15, 0.2) is 0 Å². The van der Waals surface area contributed by atoms with E-state index in [0.29, 0.717) is 19.9 Å². The Morgan fingerprint density at radius 1 is 1.19 bits per heavy atom. The SMILES string of the molecule is COc1cc(/C=C2\COCN3C2=NCC3c2ccc(F)cc2)ccc1-n1cnc(C)c1. The van der Waals surface area contributed by atoms with E-state index in [-0.39, 0.29) is 11.9 Å². The topological polar surface area (TPSA) is 51.9 Å². The Bertz CT molecular complexity index is 1170. The van der Waals surface area contributed by atoms with Crippen LogP contribution in [0.5, 0.6) is 5.75 Å². The van der Waals surface area contributed by atoms with Crippen LogP contribution in [0.25, 0.3) is 11.8 Å². The highest BCUT2D eigenvalue weighted by Gasteiger charge is 2.33. The molecule has 1 saturated heterocycles. The van der Waals surface area contributed by atoms with E-state index in [4.69, 9.17) is 14.5 Å². The Morgan fingerprint density at radius 2 is 2.03 bits per heavy atom. The highest BCUT2D eigenvalue weighted by molar-refractivity contribution is 6.04. The van der Waals surface area contributed by atoms with Gasteiger partial charge in [-0.2, -0.15) is 0 Å². The standard InChI is InChI=1S/C24H23FN4O2/c1-16-12-28(14-27-16)21-8-3-17(10-23(21)30-2)9-19-13-31-15-29-22(11-26-24(19)29)18-4-6-20(25)7-5-18/h3-10,12,14,22H,11,13,15H2,1-2H3/b19-9+. The number of hydrogen-bond acceptors (Lipinski definition) is 5. The molecule has 0 amide bonds. The summed E-state index contributed by atoms with van der Waals surface area (Å²) in [6.07, 6.45) is 5.83. The first-order valence-corrected chi connectivity index (χ1v) is 10.2. The van der Waals surface area contributed by atoms with Crippen LogP contribution in [-0.2, 0) is 4.74 Å². The van der Waals surface area contributed by atoms with E-state index in [9.17, 15) is 4.39 Å². The molecule has 0 N–H and O–H groups in total. The highest BCUT2D eigenvalue weighted by Crippen LogP contribution is 2.33. The maximum Gasteiger partial charge on any atom is 0.143 e. The van der Waals surface area contributed by atoms with Crippen LogP contribution in [0.2, 0.25) is 0 Å². The molecule has 158 valence electrons. The molecule has 7 heteroatoms. The van der Waals surface area contributed by atoms with Crippen molar-refractivity contribution in [3.63, 3.8) is 0 Å². The highest BCUT2D eigenvalue weighted by atomic mass is 19.1. The number of rotatable bonds is 4. The molecule has 1 unspecified atom stereocenters. The number of fused-ring (bicyclic) bond motifs is 1. The molecular weight excluding hydrogens is 395 g/mol. The number of amidine groups is 1. The van der Waals surface area contributed by atoms with E-state index in [1.165, 1.54) is 12.1 Å². The molecule has 6 nitrogen and oxygen atoms in total. The molecule has 5 rings (SSSR count). The molecule has 2 aromatic carbocycles. The smallest absolute Gasteiger partial charge is 0.143 e. The van der Waals surface area contributed by atoms with Gasteiger partial charge in [0.05, 0.1) is 44.0 Å². The summed E-state index contributed by atoms with van der Waals surface area (Å²) < 4.78 is 26.8. The van der Waals surface area contributed by atoms with Gasteiger partial charge in [-0.15, -0.1) is 0 Å². The molecule has 0 aliphatic carbocycles. The van der Waals surface area contributed by atoms with Crippen LogP contribution in [0, 0.1) is 12.7 Å². The fourth-order valence-corrected chi connectivity index (χ4v) is 4.09. The van der Waals surface area contributed by atoms with E-state index in [2.05, 4.69) is 16.0 Å². The van der Waals surface area contributed by atoms with Crippen molar-refractivity contribution < 1.29 is 13.9 Å². The molecule has 2 aliphatic heterocycles. The maximum absolute atomic E-state index is 13.3. The molecule has 0 bridgehead atoms. The van der Waals surface area contributed by atoms with Crippen molar-refractivity contribution in [3.8, 4) is 11.4 Å². The van der Waals surface area contributed by atoms with Gasteiger partial charge in [-0.05, 0) is 48.4 Å². The van der Waals surface area contributed by atoms with Crippen molar-refractivity contribution in [1.29, 1.82) is 0 Å². The lowest BCUT2D eigenvalue weighted by molar-refractivity contribution is 0.0535. The summed E-state index contributed by atoms with van der Waals surface area (Å²) in [5, 5.41) is 0. The fourth-order valence-electron chi connectivity index (χ4n) is 4.09. The Balaban J connectivity index is 1.42. The maximum atomic E-state index is 13.3. The van der Waals surface area contributed by atoms with Crippen LogP contribution < -0.4 is 4.74 Å². The van der Waals surface area contributed by atoms with Crippen LogP contribution in [0.4, 0.5) is 4.39 Å². The molecule has 1 aromatic heterocycles. The molecular formula is C24H23FN4O2. The van der Waals surface area contributed by atoms with Crippen LogP contribution in [0.3, 0.4) is 0 Å². The van der Waals surface area contributed by atoms with Gasteiger partial charge in [-0.25, -0.2) is 9.37 Å². The minimum Gasteiger partial charge on any atom is -0.495 e. The Morgan fingerprint density at radius 3 is 2.77 bits per heavy atom. The van der Waals surface area contributed by atoms with Gasteiger partial charge < -0.3 is 18.9 Å². The summed E-state index contributed by atoms with van der Waals surface area (Å²) >= 11 is 0. The van der Waals surface area contributed by atoms with Gasteiger partial charge in [0.25, 0.3) is 0 Å². The first-order valence-electron chi connectivity index (χ1n) is 10.2. The predicted octanol–water partition coefficient (Wildman–Crippen LogP) is 4.15. The number of methoxy groups -OCH3 is 1. The lowest BCUT2D eigenvalue weighted by Gasteiger charge is -2.32. The number of aryl methyl sites for hydroxylation is 1. The number of halogens is 1. The number of benzene rings is 2. The first kappa shape index (κ1) is 19.5. The third kappa shape index (κ3) is 3.72. The largest absolute Gasteiger partial charge is 0.495 e. The van der Waals surface area contributed by atoms with Crippen molar-refractivity contribution in [3.05, 3.63) is 83.2 Å². The van der Waals surface area contributed by atoms with Crippen LogP contribution in [0.15, 0.2) is 65.6 Å². The molecule has 1 atom stereocenters. The first-order chi connectivity index (χ1) is 15.1. The summed E-state index contributed by atoms with van der Waals surface area (Å²) in [5.41, 5.74) is 4.94. The van der Waals surface area contributed by atoms with Crippen molar-refractivity contribution >= 4 is 11.9 Å². The quantitative estimate of drug-likeness (QED) is 0.639. The number of nitrogens with zero attached hydrogens (tertiary/aromatic N) is 4. The van der Waals surface area contributed by atoms with Crippen LogP contribution in [0.1, 0.15) is 22.9 Å². The van der Waals surface area contributed by atoms with Gasteiger partial charge in [-0.3, -0.25) is 4.99 Å². The Hall–Kier alpha value is -3.45. The molecule has 3 aromatic rings. The van der Waals surface area contributed by atoms with Gasteiger partial charge >= 0.3 is 0 Å². The number of imidazole rings is 1. The second-order valence-electron chi connectivity index (χ2n) is 7.70. The Labute approximate surface area is 180 Å². The van der Waals surface area contributed by atoms with Crippen molar-refractivity contribution in [2.24, 2.45) is 4.99 Å². The lowest BCUT2D eigenvalue weighted by Crippen LogP contribution is -2.39. The van der Waals surface area contributed by atoms with Crippen LogP contribution in [-0.4, -0.2) is 47.3 Å². The van der Waals surface area contributed by atoms with E-state index in [1.807, 2.05) is 48.0 Å².